The van der Waals surface area contributed by atoms with Gasteiger partial charge in [0, 0.05) is 0 Å². The summed E-state index contributed by atoms with van der Waals surface area (Å²) in [6, 6.07) is 4.44. The van der Waals surface area contributed by atoms with Crippen molar-refractivity contribution in [1.82, 2.24) is 0 Å². The highest BCUT2D eigenvalue weighted by Gasteiger charge is 2.42. The van der Waals surface area contributed by atoms with Crippen molar-refractivity contribution < 1.29 is 4.74 Å². The van der Waals surface area contributed by atoms with E-state index in [1.165, 1.54) is 17.5 Å². The van der Waals surface area contributed by atoms with Crippen LogP contribution in [0.4, 0.5) is 0 Å². The van der Waals surface area contributed by atoms with Crippen LogP contribution >= 0.6 is 15.9 Å². The zero-order chi connectivity index (χ0) is 12.8. The first-order valence-corrected chi connectivity index (χ1v) is 6.96. The molecule has 1 aromatic carbocycles. The van der Waals surface area contributed by atoms with Crippen LogP contribution in [0, 0.1) is 5.41 Å². The summed E-state index contributed by atoms with van der Waals surface area (Å²) in [4.78, 5) is 0. The molecule has 94 valence electrons. The van der Waals surface area contributed by atoms with Crippen molar-refractivity contribution in [3.05, 3.63) is 27.7 Å². The molecule has 0 atom stereocenters. The molecule has 0 N–H and O–H groups in total. The molecule has 0 radical (unpaired) electrons. The third-order valence-electron chi connectivity index (χ3n) is 4.76. The van der Waals surface area contributed by atoms with Gasteiger partial charge < -0.3 is 4.74 Å². The van der Waals surface area contributed by atoms with E-state index in [0.29, 0.717) is 5.41 Å². The lowest BCUT2D eigenvalue weighted by Gasteiger charge is -2.47. The van der Waals surface area contributed by atoms with Gasteiger partial charge in [0.25, 0.3) is 0 Å². The quantitative estimate of drug-likeness (QED) is 0.729. The van der Waals surface area contributed by atoms with Crippen molar-refractivity contribution in [2.24, 2.45) is 5.41 Å². The van der Waals surface area contributed by atoms with E-state index >= 15 is 0 Å². The van der Waals surface area contributed by atoms with E-state index in [-0.39, 0.29) is 5.41 Å². The Morgan fingerprint density at radius 3 is 2.41 bits per heavy atom. The summed E-state index contributed by atoms with van der Waals surface area (Å²) < 4.78 is 6.49. The highest BCUT2D eigenvalue weighted by atomic mass is 79.9. The van der Waals surface area contributed by atoms with Crippen LogP contribution in [0.25, 0.3) is 0 Å². The van der Waals surface area contributed by atoms with Crippen LogP contribution in [0.3, 0.4) is 0 Å². The summed E-state index contributed by atoms with van der Waals surface area (Å²) in [5, 5.41) is 0. The van der Waals surface area contributed by atoms with Crippen molar-refractivity contribution in [1.29, 1.82) is 0 Å². The van der Waals surface area contributed by atoms with Gasteiger partial charge in [-0.25, -0.2) is 0 Å². The molecule has 0 saturated carbocycles. The Hall–Kier alpha value is -0.500. The van der Waals surface area contributed by atoms with Gasteiger partial charge in [-0.15, -0.1) is 0 Å². The van der Waals surface area contributed by atoms with Crippen LogP contribution in [0.2, 0.25) is 0 Å². The predicted octanol–water partition coefficient (Wildman–Crippen LogP) is 4.71. The Morgan fingerprint density at radius 1 is 1.18 bits per heavy atom. The molecule has 0 aliphatic heterocycles. The largest absolute Gasteiger partial charge is 0.496 e. The summed E-state index contributed by atoms with van der Waals surface area (Å²) in [5.74, 6) is 0.939. The zero-order valence-corrected chi connectivity index (χ0v) is 12.9. The SMILES string of the molecule is COc1cc2c(cc1Br)CCC(C)(C)C2(C)C. The smallest absolute Gasteiger partial charge is 0.133 e. The van der Waals surface area contributed by atoms with E-state index in [1.54, 1.807) is 7.11 Å². The van der Waals surface area contributed by atoms with Crippen LogP contribution < -0.4 is 4.74 Å². The monoisotopic (exact) mass is 296 g/mol. The topological polar surface area (TPSA) is 9.23 Å². The molecule has 2 rings (SSSR count). The van der Waals surface area contributed by atoms with Crippen LogP contribution in [-0.4, -0.2) is 7.11 Å². The van der Waals surface area contributed by atoms with Gasteiger partial charge in [-0.2, -0.15) is 0 Å². The third-order valence-corrected chi connectivity index (χ3v) is 5.38. The summed E-state index contributed by atoms with van der Waals surface area (Å²) >= 11 is 3.58. The maximum atomic E-state index is 5.43. The lowest BCUT2D eigenvalue weighted by atomic mass is 9.57. The van der Waals surface area contributed by atoms with Gasteiger partial charge in [0.2, 0.25) is 0 Å². The van der Waals surface area contributed by atoms with Gasteiger partial charge >= 0.3 is 0 Å². The van der Waals surface area contributed by atoms with E-state index in [0.717, 1.165) is 16.6 Å². The highest BCUT2D eigenvalue weighted by Crippen LogP contribution is 2.51. The van der Waals surface area contributed by atoms with Gasteiger partial charge in [0.15, 0.2) is 0 Å². The van der Waals surface area contributed by atoms with Crippen LogP contribution in [-0.2, 0) is 11.8 Å². The first-order chi connectivity index (χ1) is 7.79. The number of hydrogen-bond donors (Lipinski definition) is 0. The first-order valence-electron chi connectivity index (χ1n) is 6.16. The Balaban J connectivity index is 2.62. The molecular weight excluding hydrogens is 276 g/mol. The molecule has 1 nitrogen and oxygen atoms in total. The molecule has 0 spiro atoms. The molecule has 0 aromatic heterocycles. The van der Waals surface area contributed by atoms with Crippen molar-refractivity contribution in [3.8, 4) is 5.75 Å². The predicted molar refractivity (Wildman–Crippen MR) is 75.8 cm³/mol. The van der Waals surface area contributed by atoms with Crippen molar-refractivity contribution >= 4 is 15.9 Å². The summed E-state index contributed by atoms with van der Waals surface area (Å²) in [6.07, 6.45) is 2.40. The number of halogens is 1. The van der Waals surface area contributed by atoms with Crippen molar-refractivity contribution in [2.75, 3.05) is 7.11 Å². The van der Waals surface area contributed by atoms with E-state index in [2.05, 4.69) is 55.8 Å². The molecule has 1 aliphatic rings. The number of rotatable bonds is 1. The molecule has 0 fully saturated rings. The molecule has 0 amide bonds. The fourth-order valence-electron chi connectivity index (χ4n) is 2.66. The van der Waals surface area contributed by atoms with E-state index in [9.17, 15) is 0 Å². The number of ether oxygens (including phenoxy) is 1. The summed E-state index contributed by atoms with van der Waals surface area (Å²) in [6.45, 7) is 9.42. The maximum Gasteiger partial charge on any atom is 0.133 e. The first kappa shape index (κ1) is 12.9. The Labute approximate surface area is 113 Å². The molecular formula is C15H21BrO. The number of methoxy groups -OCH3 is 1. The average molecular weight is 297 g/mol. The number of aryl methyl sites for hydroxylation is 1. The van der Waals surface area contributed by atoms with Gasteiger partial charge in [-0.3, -0.25) is 0 Å². The lowest BCUT2D eigenvalue weighted by Crippen LogP contribution is -2.41. The third kappa shape index (κ3) is 1.91. The fourth-order valence-corrected chi connectivity index (χ4v) is 3.22. The zero-order valence-electron chi connectivity index (χ0n) is 11.4. The van der Waals surface area contributed by atoms with E-state index < -0.39 is 0 Å². The van der Waals surface area contributed by atoms with Crippen molar-refractivity contribution in [2.45, 2.75) is 46.0 Å². The van der Waals surface area contributed by atoms with E-state index in [1.807, 2.05) is 0 Å². The molecule has 1 aromatic rings. The normalized spacial score (nSPS) is 20.8. The second kappa shape index (κ2) is 4.01. The summed E-state index contributed by atoms with van der Waals surface area (Å²) in [7, 11) is 1.73. The van der Waals surface area contributed by atoms with Gasteiger partial charge in [0.1, 0.15) is 5.75 Å². The molecule has 1 aliphatic carbocycles. The minimum Gasteiger partial charge on any atom is -0.496 e. The van der Waals surface area contributed by atoms with E-state index in [4.69, 9.17) is 4.74 Å². The molecule has 0 bridgehead atoms. The minimum absolute atomic E-state index is 0.189. The van der Waals surface area contributed by atoms with Crippen LogP contribution in [0.1, 0.15) is 45.2 Å². The highest BCUT2D eigenvalue weighted by molar-refractivity contribution is 9.10. The summed E-state index contributed by atoms with van der Waals surface area (Å²) in [5.41, 5.74) is 3.42. The number of benzene rings is 1. The standard InChI is InChI=1S/C15H21BrO/c1-14(2)7-6-10-8-12(16)13(17-5)9-11(10)15(14,3)4/h8-9H,6-7H2,1-5H3. The fraction of sp³-hybridized carbons (Fsp3) is 0.600. The van der Waals surface area contributed by atoms with Crippen LogP contribution in [0.5, 0.6) is 5.75 Å². The second-order valence-electron chi connectivity index (χ2n) is 6.15. The average Bonchev–Trinajstić information content (AvgIpc) is 2.24. The Kier molecular flexibility index (Phi) is 3.05. The number of fused-ring (bicyclic) bond motifs is 1. The minimum atomic E-state index is 0.189. The van der Waals surface area contributed by atoms with Gasteiger partial charge in [0.05, 0.1) is 11.6 Å². The Bertz CT molecular complexity index is 446. The molecule has 2 heteroatoms. The van der Waals surface area contributed by atoms with Gasteiger partial charge in [-0.05, 0) is 62.9 Å². The van der Waals surface area contributed by atoms with Crippen molar-refractivity contribution in [3.63, 3.8) is 0 Å². The molecule has 0 saturated heterocycles. The van der Waals surface area contributed by atoms with Crippen LogP contribution in [0.15, 0.2) is 16.6 Å². The Morgan fingerprint density at radius 2 is 1.82 bits per heavy atom. The lowest BCUT2D eigenvalue weighted by molar-refractivity contribution is 0.164. The number of hydrogen-bond acceptors (Lipinski definition) is 1. The van der Waals surface area contributed by atoms with Gasteiger partial charge in [-0.1, -0.05) is 27.7 Å². The molecule has 0 heterocycles. The second-order valence-corrected chi connectivity index (χ2v) is 7.01. The molecule has 0 unspecified atom stereocenters. The molecule has 17 heavy (non-hydrogen) atoms. The maximum absolute atomic E-state index is 5.43.